The van der Waals surface area contributed by atoms with Gasteiger partial charge in [0.05, 0.1) is 17.1 Å². The van der Waals surface area contributed by atoms with Crippen molar-refractivity contribution in [2.75, 3.05) is 0 Å². The average Bonchev–Trinajstić information content (AvgIpc) is 3.41. The summed E-state index contributed by atoms with van der Waals surface area (Å²) in [5.41, 5.74) is 3.19. The third kappa shape index (κ3) is 4.09. The molecule has 9 heteroatoms. The predicted molar refractivity (Wildman–Crippen MR) is 106 cm³/mol. The number of unbranched alkanes of at least 4 members (excludes halogenated alkanes) is 1. The second kappa shape index (κ2) is 8.75. The Morgan fingerprint density at radius 3 is 2.32 bits per heavy atom. The SMILES string of the molecule is CCCCc1ccc(-n2nnnc2SCc2nnnn2-c2ccccc2)cc1. The Bertz CT molecular complexity index is 1010. The molecule has 2 aromatic carbocycles. The van der Waals surface area contributed by atoms with Gasteiger partial charge in [-0.3, -0.25) is 0 Å². The highest BCUT2D eigenvalue weighted by atomic mass is 32.2. The van der Waals surface area contributed by atoms with Crippen molar-refractivity contribution in [2.45, 2.75) is 37.1 Å². The molecule has 0 spiro atoms. The van der Waals surface area contributed by atoms with Gasteiger partial charge in [-0.25, -0.2) is 0 Å². The molecule has 142 valence electrons. The van der Waals surface area contributed by atoms with E-state index in [4.69, 9.17) is 0 Å². The van der Waals surface area contributed by atoms with Gasteiger partial charge < -0.3 is 0 Å². The van der Waals surface area contributed by atoms with Gasteiger partial charge in [-0.05, 0) is 63.5 Å². The lowest BCUT2D eigenvalue weighted by molar-refractivity contribution is 0.752. The van der Waals surface area contributed by atoms with Crippen LogP contribution in [0.25, 0.3) is 11.4 Å². The summed E-state index contributed by atoms with van der Waals surface area (Å²) >= 11 is 1.50. The predicted octanol–water partition coefficient (Wildman–Crippen LogP) is 3.27. The molecule has 28 heavy (non-hydrogen) atoms. The summed E-state index contributed by atoms with van der Waals surface area (Å²) < 4.78 is 3.47. The maximum atomic E-state index is 4.15. The Labute approximate surface area is 167 Å². The Morgan fingerprint density at radius 2 is 1.54 bits per heavy atom. The van der Waals surface area contributed by atoms with Gasteiger partial charge in [0.2, 0.25) is 5.16 Å². The van der Waals surface area contributed by atoms with Crippen LogP contribution in [0.2, 0.25) is 0 Å². The van der Waals surface area contributed by atoms with E-state index in [-0.39, 0.29) is 0 Å². The summed E-state index contributed by atoms with van der Waals surface area (Å²) in [6, 6.07) is 18.2. The molecule has 0 bridgehead atoms. The van der Waals surface area contributed by atoms with E-state index in [1.807, 2.05) is 30.3 Å². The van der Waals surface area contributed by atoms with Crippen LogP contribution in [0.4, 0.5) is 0 Å². The summed E-state index contributed by atoms with van der Waals surface area (Å²) in [4.78, 5) is 0. The van der Waals surface area contributed by atoms with Crippen LogP contribution in [-0.2, 0) is 12.2 Å². The summed E-state index contributed by atoms with van der Waals surface area (Å²) in [5.74, 6) is 1.29. The van der Waals surface area contributed by atoms with Gasteiger partial charge >= 0.3 is 0 Å². The van der Waals surface area contributed by atoms with Crippen LogP contribution in [0.15, 0.2) is 59.8 Å². The van der Waals surface area contributed by atoms with Crippen LogP contribution >= 0.6 is 11.8 Å². The van der Waals surface area contributed by atoms with E-state index in [1.165, 1.54) is 30.2 Å². The molecule has 0 saturated heterocycles. The van der Waals surface area contributed by atoms with Crippen molar-refractivity contribution in [2.24, 2.45) is 0 Å². The van der Waals surface area contributed by atoms with E-state index in [1.54, 1.807) is 9.36 Å². The molecule has 0 N–H and O–H groups in total. The van der Waals surface area contributed by atoms with Crippen LogP contribution in [0.5, 0.6) is 0 Å². The first-order valence-corrected chi connectivity index (χ1v) is 10.2. The highest BCUT2D eigenvalue weighted by Crippen LogP contribution is 2.22. The Kier molecular flexibility index (Phi) is 5.72. The number of aromatic nitrogens is 8. The minimum Gasteiger partial charge on any atom is -0.196 e. The topological polar surface area (TPSA) is 87.2 Å². The second-order valence-electron chi connectivity index (χ2n) is 6.27. The first-order valence-electron chi connectivity index (χ1n) is 9.18. The smallest absolute Gasteiger partial charge is 0.196 e. The van der Waals surface area contributed by atoms with E-state index in [2.05, 4.69) is 62.2 Å². The average molecular weight is 392 g/mol. The largest absolute Gasteiger partial charge is 0.214 e. The van der Waals surface area contributed by atoms with Gasteiger partial charge in [-0.1, -0.05) is 55.4 Å². The molecule has 4 rings (SSSR count). The fraction of sp³-hybridized carbons (Fsp3) is 0.263. The van der Waals surface area contributed by atoms with Crippen LogP contribution in [0.1, 0.15) is 31.2 Å². The van der Waals surface area contributed by atoms with Crippen molar-refractivity contribution in [3.05, 3.63) is 66.0 Å². The minimum atomic E-state index is 0.552. The summed E-state index contributed by atoms with van der Waals surface area (Å²) in [6.07, 6.45) is 3.48. The summed E-state index contributed by atoms with van der Waals surface area (Å²) in [7, 11) is 0. The monoisotopic (exact) mass is 392 g/mol. The quantitative estimate of drug-likeness (QED) is 0.425. The zero-order chi connectivity index (χ0) is 19.2. The van der Waals surface area contributed by atoms with E-state index < -0.39 is 0 Å². The molecule has 0 fully saturated rings. The van der Waals surface area contributed by atoms with E-state index in [9.17, 15) is 0 Å². The third-order valence-electron chi connectivity index (χ3n) is 4.31. The second-order valence-corrected chi connectivity index (χ2v) is 7.22. The first kappa shape index (κ1) is 18.3. The van der Waals surface area contributed by atoms with Gasteiger partial charge in [-0.15, -0.1) is 10.2 Å². The van der Waals surface area contributed by atoms with Crippen LogP contribution in [0, 0.1) is 0 Å². The molecule has 0 aliphatic rings. The summed E-state index contributed by atoms with van der Waals surface area (Å²) in [6.45, 7) is 2.20. The van der Waals surface area contributed by atoms with E-state index in [0.717, 1.165) is 23.6 Å². The number of aryl methyl sites for hydroxylation is 1. The van der Waals surface area contributed by atoms with E-state index in [0.29, 0.717) is 10.9 Å². The molecular weight excluding hydrogens is 372 g/mol. The Balaban J connectivity index is 1.48. The van der Waals surface area contributed by atoms with Crippen molar-refractivity contribution in [3.63, 3.8) is 0 Å². The van der Waals surface area contributed by atoms with Crippen LogP contribution in [0.3, 0.4) is 0 Å². The van der Waals surface area contributed by atoms with Crippen LogP contribution in [-0.4, -0.2) is 40.4 Å². The first-order chi connectivity index (χ1) is 13.8. The maximum absolute atomic E-state index is 4.15. The standard InChI is InChI=1S/C19H20N8S/c1-2-3-7-15-10-12-17(13-11-15)27-19(21-23-25-27)28-14-18-20-22-24-26(18)16-8-5-4-6-9-16/h4-6,8-13H,2-3,7,14H2,1H3. The number of benzene rings is 2. The van der Waals surface area contributed by atoms with Crippen molar-refractivity contribution >= 4 is 11.8 Å². The zero-order valence-electron chi connectivity index (χ0n) is 15.5. The summed E-state index contributed by atoms with van der Waals surface area (Å²) in [5, 5.41) is 24.8. The number of thioether (sulfide) groups is 1. The lowest BCUT2D eigenvalue weighted by atomic mass is 10.1. The Hall–Kier alpha value is -3.07. The van der Waals surface area contributed by atoms with Gasteiger partial charge in [-0.2, -0.15) is 9.36 Å². The number of para-hydroxylation sites is 1. The zero-order valence-corrected chi connectivity index (χ0v) is 16.3. The lowest BCUT2D eigenvalue weighted by Gasteiger charge is -2.06. The number of hydrogen-bond acceptors (Lipinski definition) is 7. The molecule has 8 nitrogen and oxygen atoms in total. The van der Waals surface area contributed by atoms with Gasteiger partial charge in [0.25, 0.3) is 0 Å². The van der Waals surface area contributed by atoms with Gasteiger partial charge in [0.15, 0.2) is 5.82 Å². The van der Waals surface area contributed by atoms with Crippen LogP contribution < -0.4 is 0 Å². The van der Waals surface area contributed by atoms with Gasteiger partial charge in [0.1, 0.15) is 0 Å². The number of tetrazole rings is 2. The molecule has 4 aromatic rings. The molecule has 0 atom stereocenters. The van der Waals surface area contributed by atoms with Crippen molar-refractivity contribution in [1.29, 1.82) is 0 Å². The molecule has 0 unspecified atom stereocenters. The highest BCUT2D eigenvalue weighted by molar-refractivity contribution is 7.98. The minimum absolute atomic E-state index is 0.552. The normalized spacial score (nSPS) is 11.0. The molecule has 0 aliphatic carbocycles. The lowest BCUT2D eigenvalue weighted by Crippen LogP contribution is -2.03. The molecule has 0 radical (unpaired) electrons. The number of hydrogen-bond donors (Lipinski definition) is 0. The number of rotatable bonds is 8. The number of nitrogens with zero attached hydrogens (tertiary/aromatic N) is 8. The van der Waals surface area contributed by atoms with Crippen molar-refractivity contribution < 1.29 is 0 Å². The highest BCUT2D eigenvalue weighted by Gasteiger charge is 2.13. The molecule has 2 heterocycles. The van der Waals surface area contributed by atoms with Crippen molar-refractivity contribution in [3.8, 4) is 11.4 Å². The third-order valence-corrected chi connectivity index (χ3v) is 5.22. The fourth-order valence-electron chi connectivity index (χ4n) is 2.81. The molecule has 0 amide bonds. The maximum Gasteiger partial charge on any atom is 0.214 e. The molecule has 0 saturated carbocycles. The Morgan fingerprint density at radius 1 is 0.821 bits per heavy atom. The fourth-order valence-corrected chi connectivity index (χ4v) is 3.61. The van der Waals surface area contributed by atoms with E-state index >= 15 is 0 Å². The van der Waals surface area contributed by atoms with Gasteiger partial charge in [0, 0.05) is 0 Å². The molecule has 2 aromatic heterocycles. The molecular formula is C19H20N8S. The van der Waals surface area contributed by atoms with Crippen molar-refractivity contribution in [1.82, 2.24) is 40.4 Å². The molecule has 0 aliphatic heterocycles.